The summed E-state index contributed by atoms with van der Waals surface area (Å²) in [6.07, 6.45) is 1.76. The second-order valence-corrected chi connectivity index (χ2v) is 6.85. The molecule has 1 aromatic carbocycles. The predicted octanol–water partition coefficient (Wildman–Crippen LogP) is 2.74. The number of aryl methyl sites for hydroxylation is 1. The molecule has 0 aliphatic rings. The van der Waals surface area contributed by atoms with Gasteiger partial charge in [-0.25, -0.2) is 0 Å². The van der Waals surface area contributed by atoms with E-state index in [4.69, 9.17) is 0 Å². The fraction of sp³-hybridized carbons (Fsp3) is 0.333. The first kappa shape index (κ1) is 20.5. The molecule has 144 valence electrons. The van der Waals surface area contributed by atoms with Gasteiger partial charge in [0.25, 0.3) is 5.91 Å². The molecule has 6 heteroatoms. The van der Waals surface area contributed by atoms with Crippen molar-refractivity contribution in [1.82, 2.24) is 15.2 Å². The molecule has 0 fully saturated rings. The summed E-state index contributed by atoms with van der Waals surface area (Å²) in [6, 6.07) is 8.75. The number of H-pyrrole nitrogens is 1. The number of aromatic amines is 1. The molecule has 0 saturated heterocycles. The second-order valence-electron chi connectivity index (χ2n) is 6.85. The maximum Gasteiger partial charge on any atom is 0.268 e. The SMILES string of the molecule is CC(=CN(C)C)C(=O)c1c(C)[nH]c(C(=O)N[C@H](CO)c2ccccc2)c1C. The molecule has 27 heavy (non-hydrogen) atoms. The standard InChI is InChI=1S/C21H27N3O3/c1-13(11-24(4)5)20(26)18-14(2)19(22-15(18)3)21(27)23-17(12-25)16-9-7-6-8-10-16/h6-11,17,22,25H,12H2,1-5H3,(H,23,27)/t17-/m1/s1. The molecule has 0 aliphatic carbocycles. The van der Waals surface area contributed by atoms with E-state index in [0.717, 1.165) is 5.56 Å². The third-order valence-corrected chi connectivity index (χ3v) is 4.39. The number of hydrogen-bond donors (Lipinski definition) is 3. The maximum absolute atomic E-state index is 12.8. The van der Waals surface area contributed by atoms with Gasteiger partial charge in [0.05, 0.1) is 12.6 Å². The van der Waals surface area contributed by atoms with E-state index in [9.17, 15) is 14.7 Å². The van der Waals surface area contributed by atoms with Crippen LogP contribution in [-0.4, -0.2) is 47.4 Å². The predicted molar refractivity (Wildman–Crippen MR) is 106 cm³/mol. The van der Waals surface area contributed by atoms with Crippen LogP contribution in [0.2, 0.25) is 0 Å². The van der Waals surface area contributed by atoms with E-state index in [1.807, 2.05) is 49.3 Å². The van der Waals surface area contributed by atoms with Crippen molar-refractivity contribution in [3.05, 3.63) is 70.2 Å². The van der Waals surface area contributed by atoms with Crippen molar-refractivity contribution in [1.29, 1.82) is 0 Å². The lowest BCUT2D eigenvalue weighted by molar-refractivity contribution is 0.0911. The lowest BCUT2D eigenvalue weighted by atomic mass is 10.0. The summed E-state index contributed by atoms with van der Waals surface area (Å²) in [5.74, 6) is -0.470. The zero-order valence-corrected chi connectivity index (χ0v) is 16.5. The number of carbonyl (C=O) groups is 2. The number of carbonyl (C=O) groups excluding carboxylic acids is 2. The number of hydrogen-bond acceptors (Lipinski definition) is 4. The largest absolute Gasteiger partial charge is 0.394 e. The normalized spacial score (nSPS) is 12.6. The fourth-order valence-corrected chi connectivity index (χ4v) is 3.11. The van der Waals surface area contributed by atoms with Gasteiger partial charge < -0.3 is 20.3 Å². The Bertz CT molecular complexity index is 851. The highest BCUT2D eigenvalue weighted by Gasteiger charge is 2.24. The highest BCUT2D eigenvalue weighted by molar-refractivity contribution is 6.11. The minimum Gasteiger partial charge on any atom is -0.394 e. The number of amides is 1. The van der Waals surface area contributed by atoms with Crippen molar-refractivity contribution >= 4 is 11.7 Å². The average molecular weight is 369 g/mol. The molecule has 1 atom stereocenters. The molecule has 0 aliphatic heterocycles. The summed E-state index contributed by atoms with van der Waals surface area (Å²) in [5, 5.41) is 12.5. The third-order valence-electron chi connectivity index (χ3n) is 4.39. The number of allylic oxidation sites excluding steroid dienone is 1. The third kappa shape index (κ3) is 4.65. The van der Waals surface area contributed by atoms with E-state index < -0.39 is 6.04 Å². The molecule has 6 nitrogen and oxygen atoms in total. The molecule has 0 saturated carbocycles. The summed E-state index contributed by atoms with van der Waals surface area (Å²) < 4.78 is 0. The molecule has 0 unspecified atom stereocenters. The van der Waals surface area contributed by atoms with Gasteiger partial charge in [-0.3, -0.25) is 9.59 Å². The van der Waals surface area contributed by atoms with Gasteiger partial charge in [-0.1, -0.05) is 30.3 Å². The minimum atomic E-state index is -0.517. The van der Waals surface area contributed by atoms with Crippen LogP contribution in [0.5, 0.6) is 0 Å². The molecule has 0 bridgehead atoms. The topological polar surface area (TPSA) is 85.4 Å². The van der Waals surface area contributed by atoms with Gasteiger partial charge in [0.15, 0.2) is 5.78 Å². The first-order chi connectivity index (χ1) is 12.8. The van der Waals surface area contributed by atoms with Crippen LogP contribution < -0.4 is 5.32 Å². The Labute approximate surface area is 159 Å². The van der Waals surface area contributed by atoms with Crippen LogP contribution in [0.25, 0.3) is 0 Å². The van der Waals surface area contributed by atoms with E-state index in [1.165, 1.54) is 0 Å². The first-order valence-electron chi connectivity index (χ1n) is 8.81. The van der Waals surface area contributed by atoms with Gasteiger partial charge in [0.2, 0.25) is 0 Å². The van der Waals surface area contributed by atoms with Crippen LogP contribution in [0, 0.1) is 13.8 Å². The first-order valence-corrected chi connectivity index (χ1v) is 8.81. The number of Topliss-reactive ketones (excluding diaryl/α,β-unsaturated/α-hetero) is 1. The van der Waals surface area contributed by atoms with Gasteiger partial charge in [-0.15, -0.1) is 0 Å². The van der Waals surface area contributed by atoms with Crippen molar-refractivity contribution < 1.29 is 14.7 Å². The van der Waals surface area contributed by atoms with E-state index in [-0.39, 0.29) is 18.3 Å². The summed E-state index contributed by atoms with van der Waals surface area (Å²) >= 11 is 0. The second kappa shape index (κ2) is 8.68. The molecular weight excluding hydrogens is 342 g/mol. The lowest BCUT2D eigenvalue weighted by Crippen LogP contribution is -2.31. The summed E-state index contributed by atoms with van der Waals surface area (Å²) in [5.41, 5.74) is 3.50. The molecule has 0 radical (unpaired) electrons. The van der Waals surface area contributed by atoms with E-state index >= 15 is 0 Å². The Morgan fingerprint density at radius 3 is 2.41 bits per heavy atom. The summed E-state index contributed by atoms with van der Waals surface area (Å²) in [4.78, 5) is 30.4. The number of aliphatic hydroxyl groups is 1. The summed E-state index contributed by atoms with van der Waals surface area (Å²) in [6.45, 7) is 5.07. The number of benzene rings is 1. The summed E-state index contributed by atoms with van der Waals surface area (Å²) in [7, 11) is 3.70. The van der Waals surface area contributed by atoms with Crippen LogP contribution in [0.1, 0.15) is 50.6 Å². The van der Waals surface area contributed by atoms with Crippen LogP contribution >= 0.6 is 0 Å². The zero-order chi connectivity index (χ0) is 20.1. The Hall–Kier alpha value is -2.86. The van der Waals surface area contributed by atoms with Crippen LogP contribution in [0.4, 0.5) is 0 Å². The van der Waals surface area contributed by atoms with Crippen molar-refractivity contribution in [3.8, 4) is 0 Å². The number of ketones is 1. The molecule has 2 aromatic rings. The van der Waals surface area contributed by atoms with Gasteiger partial charge in [0, 0.05) is 37.1 Å². The molecule has 0 spiro atoms. The Kier molecular flexibility index (Phi) is 6.58. The van der Waals surface area contributed by atoms with Crippen molar-refractivity contribution in [2.24, 2.45) is 0 Å². The van der Waals surface area contributed by atoms with Gasteiger partial charge in [-0.2, -0.15) is 0 Å². The van der Waals surface area contributed by atoms with Crippen LogP contribution in [0.15, 0.2) is 42.1 Å². The highest BCUT2D eigenvalue weighted by Crippen LogP contribution is 2.22. The number of nitrogens with zero attached hydrogens (tertiary/aromatic N) is 1. The molecule has 1 heterocycles. The number of aromatic nitrogens is 1. The number of aliphatic hydroxyl groups excluding tert-OH is 1. The van der Waals surface area contributed by atoms with E-state index in [2.05, 4.69) is 10.3 Å². The van der Waals surface area contributed by atoms with Crippen LogP contribution in [0.3, 0.4) is 0 Å². The van der Waals surface area contributed by atoms with Crippen LogP contribution in [-0.2, 0) is 0 Å². The Morgan fingerprint density at radius 2 is 1.85 bits per heavy atom. The maximum atomic E-state index is 12.8. The molecule has 2 rings (SSSR count). The quantitative estimate of drug-likeness (QED) is 0.517. The van der Waals surface area contributed by atoms with Crippen molar-refractivity contribution in [2.75, 3.05) is 20.7 Å². The van der Waals surface area contributed by atoms with Gasteiger partial charge >= 0.3 is 0 Å². The molecule has 3 N–H and O–H groups in total. The van der Waals surface area contributed by atoms with Gasteiger partial charge in [-0.05, 0) is 31.9 Å². The molecule has 1 aromatic heterocycles. The lowest BCUT2D eigenvalue weighted by Gasteiger charge is -2.16. The zero-order valence-electron chi connectivity index (χ0n) is 16.5. The fourth-order valence-electron chi connectivity index (χ4n) is 3.11. The van der Waals surface area contributed by atoms with E-state index in [0.29, 0.717) is 28.1 Å². The highest BCUT2D eigenvalue weighted by atomic mass is 16.3. The smallest absolute Gasteiger partial charge is 0.268 e. The number of rotatable bonds is 7. The Balaban J connectivity index is 2.29. The van der Waals surface area contributed by atoms with Gasteiger partial charge in [0.1, 0.15) is 5.69 Å². The number of nitrogens with one attached hydrogen (secondary N) is 2. The minimum absolute atomic E-state index is 0.115. The van der Waals surface area contributed by atoms with E-state index in [1.54, 1.807) is 27.0 Å². The monoisotopic (exact) mass is 369 g/mol. The average Bonchev–Trinajstić information content (AvgIpc) is 2.93. The Morgan fingerprint density at radius 1 is 1.22 bits per heavy atom. The molecular formula is C21H27N3O3. The molecule has 1 amide bonds. The van der Waals surface area contributed by atoms with Crippen molar-refractivity contribution in [2.45, 2.75) is 26.8 Å². The van der Waals surface area contributed by atoms with Crippen molar-refractivity contribution in [3.63, 3.8) is 0 Å².